The van der Waals surface area contributed by atoms with Crippen molar-refractivity contribution in [2.45, 2.75) is 23.8 Å². The molecule has 7 nitrogen and oxygen atoms in total. The standard InChI is InChI=1S/C21H25N3O4S/c25-21-9-6-17-14-18(7-8-19(17)23-21)29(26,27)22-15-20(16-4-2-1-3-5-16)24-10-12-28-13-11-24/h1-5,7-8,14,20,22H,6,9-13,15H2,(H,23,25). The van der Waals surface area contributed by atoms with Crippen LogP contribution in [0.2, 0.25) is 0 Å². The lowest BCUT2D eigenvalue weighted by molar-refractivity contribution is -0.116. The molecule has 0 saturated carbocycles. The number of fused-ring (bicyclic) bond motifs is 1. The Morgan fingerprint density at radius 2 is 1.83 bits per heavy atom. The van der Waals surface area contributed by atoms with Crippen molar-refractivity contribution in [2.24, 2.45) is 0 Å². The second-order valence-electron chi connectivity index (χ2n) is 7.29. The molecular weight excluding hydrogens is 390 g/mol. The summed E-state index contributed by atoms with van der Waals surface area (Å²) in [5.41, 5.74) is 2.61. The van der Waals surface area contributed by atoms with Crippen molar-refractivity contribution < 1.29 is 17.9 Å². The minimum atomic E-state index is -3.67. The highest BCUT2D eigenvalue weighted by Crippen LogP contribution is 2.26. The molecule has 1 unspecified atom stereocenters. The lowest BCUT2D eigenvalue weighted by atomic mass is 10.0. The summed E-state index contributed by atoms with van der Waals surface area (Å²) in [5.74, 6) is -0.0394. The van der Waals surface area contributed by atoms with Gasteiger partial charge in [0, 0.05) is 37.8 Å². The SMILES string of the molecule is O=C1CCc2cc(S(=O)(=O)NCC(c3ccccc3)N3CCOCC3)ccc2N1. The number of carbonyl (C=O) groups excluding carboxylic acids is 1. The molecule has 0 aromatic heterocycles. The lowest BCUT2D eigenvalue weighted by Crippen LogP contribution is -2.43. The van der Waals surface area contributed by atoms with E-state index in [0.717, 1.165) is 24.2 Å². The summed E-state index contributed by atoms with van der Waals surface area (Å²) in [6, 6.07) is 14.7. The fourth-order valence-electron chi connectivity index (χ4n) is 3.82. The van der Waals surface area contributed by atoms with Gasteiger partial charge in [-0.15, -0.1) is 0 Å². The molecule has 154 valence electrons. The summed E-state index contributed by atoms with van der Waals surface area (Å²) >= 11 is 0. The predicted molar refractivity (Wildman–Crippen MR) is 110 cm³/mol. The van der Waals surface area contributed by atoms with Crippen molar-refractivity contribution in [1.29, 1.82) is 0 Å². The molecular formula is C21H25N3O4S. The highest BCUT2D eigenvalue weighted by molar-refractivity contribution is 7.89. The van der Waals surface area contributed by atoms with Gasteiger partial charge in [-0.25, -0.2) is 13.1 Å². The molecule has 1 fully saturated rings. The van der Waals surface area contributed by atoms with Gasteiger partial charge in [0.2, 0.25) is 15.9 Å². The number of benzene rings is 2. The lowest BCUT2D eigenvalue weighted by Gasteiger charge is -2.34. The van der Waals surface area contributed by atoms with Crippen LogP contribution in [0.4, 0.5) is 5.69 Å². The van der Waals surface area contributed by atoms with Crippen molar-refractivity contribution in [3.05, 3.63) is 59.7 Å². The molecule has 2 aliphatic heterocycles. The van der Waals surface area contributed by atoms with E-state index in [1.807, 2.05) is 30.3 Å². The quantitative estimate of drug-likeness (QED) is 0.753. The summed E-state index contributed by atoms with van der Waals surface area (Å²) < 4.78 is 34.2. The van der Waals surface area contributed by atoms with Gasteiger partial charge in [-0.3, -0.25) is 9.69 Å². The third kappa shape index (κ3) is 4.67. The molecule has 1 amide bonds. The number of carbonyl (C=O) groups is 1. The van der Waals surface area contributed by atoms with E-state index < -0.39 is 10.0 Å². The van der Waals surface area contributed by atoms with Gasteiger partial charge < -0.3 is 10.1 Å². The predicted octanol–water partition coefficient (Wildman–Crippen LogP) is 1.92. The van der Waals surface area contributed by atoms with Gasteiger partial charge >= 0.3 is 0 Å². The van der Waals surface area contributed by atoms with E-state index >= 15 is 0 Å². The van der Waals surface area contributed by atoms with Gasteiger partial charge in [-0.1, -0.05) is 30.3 Å². The molecule has 1 atom stereocenters. The molecule has 8 heteroatoms. The van der Waals surface area contributed by atoms with E-state index in [0.29, 0.717) is 31.7 Å². The van der Waals surface area contributed by atoms with Gasteiger partial charge in [0.05, 0.1) is 18.1 Å². The van der Waals surface area contributed by atoms with Crippen LogP contribution in [-0.4, -0.2) is 52.1 Å². The Morgan fingerprint density at radius 1 is 1.07 bits per heavy atom. The normalized spacial score (nSPS) is 18.7. The Balaban J connectivity index is 1.52. The van der Waals surface area contributed by atoms with Crippen molar-refractivity contribution in [1.82, 2.24) is 9.62 Å². The van der Waals surface area contributed by atoms with E-state index in [-0.39, 0.29) is 23.4 Å². The van der Waals surface area contributed by atoms with Crippen molar-refractivity contribution >= 4 is 21.6 Å². The number of nitrogens with one attached hydrogen (secondary N) is 2. The first-order chi connectivity index (χ1) is 14.0. The van der Waals surface area contributed by atoms with Crippen LogP contribution in [0.5, 0.6) is 0 Å². The first-order valence-corrected chi connectivity index (χ1v) is 11.3. The molecule has 0 spiro atoms. The largest absolute Gasteiger partial charge is 0.379 e. The van der Waals surface area contributed by atoms with E-state index in [1.165, 1.54) is 0 Å². The molecule has 2 N–H and O–H groups in total. The van der Waals surface area contributed by atoms with E-state index in [1.54, 1.807) is 18.2 Å². The number of ether oxygens (including phenoxy) is 1. The minimum absolute atomic E-state index is 0.0394. The highest BCUT2D eigenvalue weighted by atomic mass is 32.2. The minimum Gasteiger partial charge on any atom is -0.379 e. The van der Waals surface area contributed by atoms with Crippen LogP contribution in [0.3, 0.4) is 0 Å². The third-order valence-electron chi connectivity index (χ3n) is 5.42. The summed E-state index contributed by atoms with van der Waals surface area (Å²) in [6.07, 6.45) is 0.919. The molecule has 2 aromatic rings. The van der Waals surface area contributed by atoms with Crippen LogP contribution < -0.4 is 10.0 Å². The van der Waals surface area contributed by atoms with Gasteiger partial charge in [0.25, 0.3) is 0 Å². The Kier molecular flexibility index (Phi) is 5.96. The zero-order chi connectivity index (χ0) is 20.3. The Bertz CT molecular complexity index is 973. The van der Waals surface area contributed by atoms with Crippen LogP contribution in [0, 0.1) is 0 Å². The molecule has 2 aromatic carbocycles. The maximum Gasteiger partial charge on any atom is 0.240 e. The summed E-state index contributed by atoms with van der Waals surface area (Å²) in [7, 11) is -3.67. The van der Waals surface area contributed by atoms with Crippen molar-refractivity contribution in [3.8, 4) is 0 Å². The first kappa shape index (κ1) is 20.0. The second kappa shape index (κ2) is 8.62. The van der Waals surface area contributed by atoms with Gasteiger partial charge in [-0.2, -0.15) is 0 Å². The van der Waals surface area contributed by atoms with Crippen LogP contribution in [0.1, 0.15) is 23.6 Å². The molecule has 2 aliphatic rings. The van der Waals surface area contributed by atoms with E-state index in [9.17, 15) is 13.2 Å². The molecule has 1 saturated heterocycles. The summed E-state index contributed by atoms with van der Waals surface area (Å²) in [4.78, 5) is 14.0. The van der Waals surface area contributed by atoms with Gasteiger partial charge in [-0.05, 0) is 35.7 Å². The summed E-state index contributed by atoms with van der Waals surface area (Å²) in [6.45, 7) is 3.10. The van der Waals surface area contributed by atoms with E-state index in [2.05, 4.69) is 14.9 Å². The number of sulfonamides is 1. The molecule has 4 rings (SSSR count). The fourth-order valence-corrected chi connectivity index (χ4v) is 4.91. The Labute approximate surface area is 171 Å². The van der Waals surface area contributed by atoms with Crippen molar-refractivity contribution in [2.75, 3.05) is 38.2 Å². The average molecular weight is 416 g/mol. The highest BCUT2D eigenvalue weighted by Gasteiger charge is 2.26. The second-order valence-corrected chi connectivity index (χ2v) is 9.06. The number of nitrogens with zero attached hydrogens (tertiary/aromatic N) is 1. The summed E-state index contributed by atoms with van der Waals surface area (Å²) in [5, 5.41) is 2.78. The van der Waals surface area contributed by atoms with Gasteiger partial charge in [0.1, 0.15) is 0 Å². The fraction of sp³-hybridized carbons (Fsp3) is 0.381. The topological polar surface area (TPSA) is 87.7 Å². The van der Waals surface area contributed by atoms with Crippen LogP contribution in [-0.2, 0) is 26.0 Å². The van der Waals surface area contributed by atoms with Crippen molar-refractivity contribution in [3.63, 3.8) is 0 Å². The Hall–Kier alpha value is -2.26. The molecule has 0 radical (unpaired) electrons. The number of hydrogen-bond donors (Lipinski definition) is 2. The first-order valence-electron chi connectivity index (χ1n) is 9.82. The molecule has 29 heavy (non-hydrogen) atoms. The third-order valence-corrected chi connectivity index (χ3v) is 6.84. The van der Waals surface area contributed by atoms with E-state index in [4.69, 9.17) is 4.74 Å². The number of morpholine rings is 1. The maximum atomic E-state index is 13.0. The molecule has 0 bridgehead atoms. The average Bonchev–Trinajstić information content (AvgIpc) is 2.75. The Morgan fingerprint density at radius 3 is 2.59 bits per heavy atom. The van der Waals surface area contributed by atoms with Crippen LogP contribution >= 0.6 is 0 Å². The molecule has 0 aliphatic carbocycles. The molecule has 2 heterocycles. The number of rotatable bonds is 6. The van der Waals surface area contributed by atoms with Crippen LogP contribution in [0.15, 0.2) is 53.4 Å². The number of amides is 1. The maximum absolute atomic E-state index is 13.0. The number of hydrogen-bond acceptors (Lipinski definition) is 5. The number of anilines is 1. The number of aryl methyl sites for hydroxylation is 1. The van der Waals surface area contributed by atoms with Crippen LogP contribution in [0.25, 0.3) is 0 Å². The monoisotopic (exact) mass is 415 g/mol. The smallest absolute Gasteiger partial charge is 0.240 e. The zero-order valence-corrected chi connectivity index (χ0v) is 17.0. The van der Waals surface area contributed by atoms with Gasteiger partial charge in [0.15, 0.2) is 0 Å². The zero-order valence-electron chi connectivity index (χ0n) is 16.1.